The maximum absolute atomic E-state index is 4.70. The number of rotatable bonds is 6. The summed E-state index contributed by atoms with van der Waals surface area (Å²) < 4.78 is 4.05. The zero-order valence-corrected chi connectivity index (χ0v) is 12.0. The van der Waals surface area contributed by atoms with Crippen LogP contribution >= 0.6 is 0 Å². The molecule has 0 atom stereocenters. The Balaban J connectivity index is 1.67. The van der Waals surface area contributed by atoms with Gasteiger partial charge in [-0.2, -0.15) is 10.2 Å². The number of nitrogens with zero attached hydrogens (tertiary/aromatic N) is 5. The van der Waals surface area contributed by atoms with Crippen LogP contribution in [0, 0.1) is 0 Å². The lowest BCUT2D eigenvalue weighted by molar-refractivity contribution is 0.459. The summed E-state index contributed by atoms with van der Waals surface area (Å²) in [5.41, 5.74) is 1.06. The van der Waals surface area contributed by atoms with E-state index in [2.05, 4.69) is 39.3 Å². The molecule has 0 radical (unpaired) electrons. The van der Waals surface area contributed by atoms with Crippen molar-refractivity contribution in [3.8, 4) is 0 Å². The Morgan fingerprint density at radius 3 is 3.00 bits per heavy atom. The average molecular weight is 274 g/mol. The van der Waals surface area contributed by atoms with Gasteiger partial charge in [0.05, 0.1) is 24.8 Å². The van der Waals surface area contributed by atoms with Gasteiger partial charge in [0.15, 0.2) is 0 Å². The van der Waals surface area contributed by atoms with Crippen molar-refractivity contribution >= 4 is 0 Å². The summed E-state index contributed by atoms with van der Waals surface area (Å²) in [7, 11) is 0. The van der Waals surface area contributed by atoms with E-state index in [0.717, 1.165) is 24.6 Å². The predicted octanol–water partition coefficient (Wildman–Crippen LogP) is 1.75. The van der Waals surface area contributed by atoms with Gasteiger partial charge in [-0.1, -0.05) is 19.8 Å². The molecule has 0 aliphatic heterocycles. The maximum Gasteiger partial charge on any atom is 0.141 e. The minimum absolute atomic E-state index is 0.598. The number of hydrogen-bond acceptors (Lipinski definition) is 4. The monoisotopic (exact) mass is 274 g/mol. The van der Waals surface area contributed by atoms with E-state index in [1.165, 1.54) is 25.7 Å². The molecular weight excluding hydrogens is 252 g/mol. The van der Waals surface area contributed by atoms with Gasteiger partial charge in [0, 0.05) is 6.20 Å². The maximum atomic E-state index is 4.70. The van der Waals surface area contributed by atoms with Crippen molar-refractivity contribution in [3.63, 3.8) is 0 Å². The van der Waals surface area contributed by atoms with E-state index >= 15 is 0 Å². The highest BCUT2D eigenvalue weighted by Gasteiger charge is 2.17. The molecule has 2 heterocycles. The third-order valence-electron chi connectivity index (χ3n) is 3.90. The van der Waals surface area contributed by atoms with Crippen molar-refractivity contribution in [2.45, 2.75) is 51.7 Å². The standard InChI is InChI=1S/C14H22N6/c1-2-15-9-14-16-11-17-20(14)10-12-7-8-19(18-12)13-5-3-4-6-13/h7-8,11,13,15H,2-6,9-10H2,1H3. The van der Waals surface area contributed by atoms with Crippen LogP contribution in [-0.2, 0) is 13.1 Å². The molecule has 108 valence electrons. The molecule has 2 aromatic rings. The van der Waals surface area contributed by atoms with Gasteiger partial charge in [-0.05, 0) is 25.5 Å². The van der Waals surface area contributed by atoms with Crippen LogP contribution in [0.5, 0.6) is 0 Å². The van der Waals surface area contributed by atoms with Crippen LogP contribution in [0.25, 0.3) is 0 Å². The third kappa shape index (κ3) is 2.90. The zero-order chi connectivity index (χ0) is 13.8. The Morgan fingerprint density at radius 1 is 1.35 bits per heavy atom. The Bertz CT molecular complexity index is 537. The molecule has 0 amide bonds. The second kappa shape index (κ2) is 6.17. The van der Waals surface area contributed by atoms with Gasteiger partial charge < -0.3 is 5.32 Å². The minimum atomic E-state index is 0.598. The first-order chi connectivity index (χ1) is 9.86. The third-order valence-corrected chi connectivity index (χ3v) is 3.90. The molecule has 20 heavy (non-hydrogen) atoms. The van der Waals surface area contributed by atoms with Crippen molar-refractivity contribution in [1.29, 1.82) is 0 Å². The van der Waals surface area contributed by atoms with E-state index in [4.69, 9.17) is 5.10 Å². The Hall–Kier alpha value is -1.69. The summed E-state index contributed by atoms with van der Waals surface area (Å²) in [5.74, 6) is 0.960. The molecule has 0 bridgehead atoms. The van der Waals surface area contributed by atoms with Crippen LogP contribution in [-0.4, -0.2) is 31.1 Å². The van der Waals surface area contributed by atoms with Gasteiger partial charge >= 0.3 is 0 Å². The minimum Gasteiger partial charge on any atom is -0.310 e. The van der Waals surface area contributed by atoms with Crippen LogP contribution in [0.15, 0.2) is 18.6 Å². The predicted molar refractivity (Wildman–Crippen MR) is 76.2 cm³/mol. The number of nitrogens with one attached hydrogen (secondary N) is 1. The lowest BCUT2D eigenvalue weighted by Crippen LogP contribution is -2.17. The Morgan fingerprint density at radius 2 is 2.20 bits per heavy atom. The lowest BCUT2D eigenvalue weighted by Gasteiger charge is -2.09. The van der Waals surface area contributed by atoms with Crippen molar-refractivity contribution in [2.75, 3.05) is 6.54 Å². The van der Waals surface area contributed by atoms with E-state index in [-0.39, 0.29) is 0 Å². The summed E-state index contributed by atoms with van der Waals surface area (Å²) in [4.78, 5) is 4.29. The molecular formula is C14H22N6. The molecule has 1 fully saturated rings. The van der Waals surface area contributed by atoms with Crippen LogP contribution in [0.4, 0.5) is 0 Å². The van der Waals surface area contributed by atoms with Gasteiger partial charge in [0.1, 0.15) is 12.2 Å². The van der Waals surface area contributed by atoms with Crippen LogP contribution in [0.2, 0.25) is 0 Å². The van der Waals surface area contributed by atoms with Gasteiger partial charge in [-0.25, -0.2) is 9.67 Å². The van der Waals surface area contributed by atoms with Crippen LogP contribution < -0.4 is 5.32 Å². The summed E-state index contributed by atoms with van der Waals surface area (Å²) in [6, 6.07) is 2.69. The first kappa shape index (κ1) is 13.3. The highest BCUT2D eigenvalue weighted by atomic mass is 15.4. The average Bonchev–Trinajstić information content (AvgIpc) is 3.18. The van der Waals surface area contributed by atoms with Crippen LogP contribution in [0.1, 0.15) is 50.2 Å². The SMILES string of the molecule is CCNCc1ncnn1Cc1ccn(C2CCCC2)n1. The summed E-state index contributed by atoms with van der Waals surface area (Å²) in [6.07, 6.45) is 8.89. The van der Waals surface area contributed by atoms with Gasteiger partial charge in [-0.3, -0.25) is 4.68 Å². The Kier molecular flexibility index (Phi) is 4.11. The molecule has 0 unspecified atom stereocenters. The van der Waals surface area contributed by atoms with Crippen LogP contribution in [0.3, 0.4) is 0 Å². The molecule has 0 spiro atoms. The van der Waals surface area contributed by atoms with Crippen molar-refractivity contribution < 1.29 is 0 Å². The van der Waals surface area contributed by atoms with E-state index in [0.29, 0.717) is 12.6 Å². The normalized spacial score (nSPS) is 16.1. The van der Waals surface area contributed by atoms with Crippen molar-refractivity contribution in [1.82, 2.24) is 29.9 Å². The Labute approximate surface area is 119 Å². The van der Waals surface area contributed by atoms with Gasteiger partial charge in [0.25, 0.3) is 0 Å². The van der Waals surface area contributed by atoms with Crippen molar-refractivity contribution in [3.05, 3.63) is 30.1 Å². The first-order valence-corrected chi connectivity index (χ1v) is 7.48. The van der Waals surface area contributed by atoms with Gasteiger partial charge in [0.2, 0.25) is 0 Å². The number of aromatic nitrogens is 5. The fourth-order valence-corrected chi connectivity index (χ4v) is 2.78. The second-order valence-corrected chi connectivity index (χ2v) is 5.34. The topological polar surface area (TPSA) is 60.6 Å². The zero-order valence-electron chi connectivity index (χ0n) is 12.0. The molecule has 0 aromatic carbocycles. The van der Waals surface area contributed by atoms with Gasteiger partial charge in [-0.15, -0.1) is 0 Å². The highest BCUT2D eigenvalue weighted by molar-refractivity contribution is 5.02. The molecule has 1 N–H and O–H groups in total. The molecule has 2 aromatic heterocycles. The number of hydrogen-bond donors (Lipinski definition) is 1. The molecule has 6 heteroatoms. The lowest BCUT2D eigenvalue weighted by atomic mass is 10.3. The second-order valence-electron chi connectivity index (χ2n) is 5.34. The molecule has 0 saturated heterocycles. The van der Waals surface area contributed by atoms with E-state index in [1.807, 2.05) is 4.68 Å². The molecule has 6 nitrogen and oxygen atoms in total. The fourth-order valence-electron chi connectivity index (χ4n) is 2.78. The highest BCUT2D eigenvalue weighted by Crippen LogP contribution is 2.28. The van der Waals surface area contributed by atoms with Crippen molar-refractivity contribution in [2.24, 2.45) is 0 Å². The largest absolute Gasteiger partial charge is 0.310 e. The first-order valence-electron chi connectivity index (χ1n) is 7.48. The molecule has 1 saturated carbocycles. The molecule has 1 aliphatic rings. The van der Waals surface area contributed by atoms with E-state index in [9.17, 15) is 0 Å². The van der Waals surface area contributed by atoms with E-state index < -0.39 is 0 Å². The summed E-state index contributed by atoms with van der Waals surface area (Å²) in [6.45, 7) is 4.47. The quantitative estimate of drug-likeness (QED) is 0.871. The molecule has 1 aliphatic carbocycles. The van der Waals surface area contributed by atoms with E-state index in [1.54, 1.807) is 6.33 Å². The summed E-state index contributed by atoms with van der Waals surface area (Å²) in [5, 5.41) is 12.3. The summed E-state index contributed by atoms with van der Waals surface area (Å²) >= 11 is 0. The smallest absolute Gasteiger partial charge is 0.141 e. The fraction of sp³-hybridized carbons (Fsp3) is 0.643. The molecule has 3 rings (SSSR count).